The van der Waals surface area contributed by atoms with Gasteiger partial charge in [0, 0.05) is 5.56 Å². The highest BCUT2D eigenvalue weighted by Gasteiger charge is 2.22. The Morgan fingerprint density at radius 1 is 1.20 bits per heavy atom. The Morgan fingerprint density at radius 2 is 1.91 bits per heavy atom. The lowest BCUT2D eigenvalue weighted by atomic mass is 9.87. The Morgan fingerprint density at radius 3 is 2.57 bits per heavy atom. The van der Waals surface area contributed by atoms with Gasteiger partial charge in [0.1, 0.15) is 12.4 Å². The van der Waals surface area contributed by atoms with Crippen molar-refractivity contribution in [1.29, 1.82) is 0 Å². The number of amides is 1. The number of H-pyrrole nitrogens is 1. The molecule has 0 atom stereocenters. The first kappa shape index (κ1) is 26.0. The maximum absolute atomic E-state index is 12.3. The molecule has 1 aromatic heterocycles. The second-order valence-corrected chi connectivity index (χ2v) is 9.65. The van der Waals surface area contributed by atoms with Crippen molar-refractivity contribution in [2.75, 3.05) is 12.4 Å². The smallest absolute Gasteiger partial charge is 0.337 e. The van der Waals surface area contributed by atoms with Crippen LogP contribution in [0, 0.1) is 0 Å². The molecular formula is C25H29N5O4S. The van der Waals surface area contributed by atoms with E-state index in [0.717, 1.165) is 11.4 Å². The summed E-state index contributed by atoms with van der Waals surface area (Å²) in [5.41, 5.74) is 5.35. The van der Waals surface area contributed by atoms with Gasteiger partial charge in [0.2, 0.25) is 0 Å². The molecule has 35 heavy (non-hydrogen) atoms. The normalized spacial score (nSPS) is 11.5. The number of benzene rings is 2. The molecule has 0 saturated heterocycles. The van der Waals surface area contributed by atoms with Gasteiger partial charge in [-0.1, -0.05) is 45.0 Å². The Bertz CT molecular complexity index is 1200. The number of carboxylic acid groups (broad SMARTS) is 1. The summed E-state index contributed by atoms with van der Waals surface area (Å²) >= 11 is 1.30. The van der Waals surface area contributed by atoms with Gasteiger partial charge in [-0.05, 0) is 53.9 Å². The molecule has 0 saturated carbocycles. The minimum Gasteiger partial charge on any atom is -0.546 e. The molecule has 184 valence electrons. The number of nitrogens with zero attached hydrogens (tertiary/aromatic N) is 3. The van der Waals surface area contributed by atoms with E-state index in [1.165, 1.54) is 23.5 Å². The van der Waals surface area contributed by atoms with Crippen LogP contribution in [-0.2, 0) is 21.5 Å². The molecule has 9 nitrogen and oxygen atoms in total. The van der Waals surface area contributed by atoms with Gasteiger partial charge in [0.15, 0.2) is 0 Å². The Labute approximate surface area is 208 Å². The number of carbonyl (C=O) groups is 2. The predicted octanol–water partition coefficient (Wildman–Crippen LogP) is 2.05. The monoisotopic (exact) mass is 495 g/mol. The quantitative estimate of drug-likeness (QED) is 0.192. The van der Waals surface area contributed by atoms with E-state index in [0.29, 0.717) is 23.0 Å². The Balaban J connectivity index is 1.60. The second-order valence-electron chi connectivity index (χ2n) is 8.71. The maximum atomic E-state index is 12.3. The van der Waals surface area contributed by atoms with Gasteiger partial charge in [-0.15, -0.1) is 5.10 Å². The van der Waals surface area contributed by atoms with Crippen LogP contribution >= 0.6 is 11.8 Å². The van der Waals surface area contributed by atoms with Gasteiger partial charge >= 0.3 is 5.16 Å². The number of hydrogen-bond acceptors (Lipinski definition) is 7. The molecule has 2 N–H and O–H groups in total. The van der Waals surface area contributed by atoms with Crippen LogP contribution in [-0.4, -0.2) is 40.6 Å². The van der Waals surface area contributed by atoms with E-state index in [9.17, 15) is 14.7 Å². The highest BCUT2D eigenvalue weighted by atomic mass is 32.2. The fraction of sp³-hybridized carbons (Fsp3) is 0.320. The van der Waals surface area contributed by atoms with Crippen LogP contribution in [0.3, 0.4) is 0 Å². The van der Waals surface area contributed by atoms with Crippen LogP contribution in [0.4, 0.5) is 0 Å². The summed E-state index contributed by atoms with van der Waals surface area (Å²) in [7, 11) is 0. The molecule has 0 aliphatic carbocycles. The fourth-order valence-electron chi connectivity index (χ4n) is 3.26. The number of hydrogen-bond donors (Lipinski definition) is 2. The number of rotatable bonds is 10. The van der Waals surface area contributed by atoms with Gasteiger partial charge in [-0.25, -0.2) is 9.99 Å². The average Bonchev–Trinajstić information content (AvgIpc) is 3.24. The molecule has 10 heteroatoms. The van der Waals surface area contributed by atoms with E-state index in [1.807, 2.05) is 11.5 Å². The Hall–Kier alpha value is -3.66. The van der Waals surface area contributed by atoms with Gasteiger partial charge in [-0.3, -0.25) is 4.79 Å². The number of thioether (sulfide) groups is 1. The van der Waals surface area contributed by atoms with E-state index in [4.69, 9.17) is 4.74 Å². The van der Waals surface area contributed by atoms with Crippen molar-refractivity contribution >= 4 is 29.9 Å². The van der Waals surface area contributed by atoms with Crippen molar-refractivity contribution < 1.29 is 24.0 Å². The lowest BCUT2D eigenvalue weighted by Gasteiger charge is -2.18. The molecule has 0 spiro atoms. The van der Waals surface area contributed by atoms with Crippen molar-refractivity contribution in [3.8, 4) is 17.1 Å². The highest BCUT2D eigenvalue weighted by Crippen LogP contribution is 2.25. The number of nitrogens with one attached hydrogen (secondary N) is 2. The summed E-state index contributed by atoms with van der Waals surface area (Å²) in [6, 6.07) is 15.1. The largest absolute Gasteiger partial charge is 0.546 e. The van der Waals surface area contributed by atoms with Crippen molar-refractivity contribution in [2.24, 2.45) is 5.10 Å². The van der Waals surface area contributed by atoms with Gasteiger partial charge in [0.05, 0.1) is 35.1 Å². The molecule has 3 rings (SSSR count). The topological polar surface area (TPSA) is 123 Å². The molecule has 0 radical (unpaired) electrons. The first-order chi connectivity index (χ1) is 16.7. The molecule has 3 aromatic rings. The van der Waals surface area contributed by atoms with E-state index >= 15 is 0 Å². The Kier molecular flexibility index (Phi) is 8.64. The molecule has 1 amide bonds. The number of hydrazone groups is 1. The summed E-state index contributed by atoms with van der Waals surface area (Å²) in [5, 5.41) is 22.7. The van der Waals surface area contributed by atoms with Gasteiger partial charge in [-0.2, -0.15) is 5.10 Å². The average molecular weight is 496 g/mol. The molecule has 2 aromatic carbocycles. The zero-order valence-electron chi connectivity index (χ0n) is 20.2. The summed E-state index contributed by atoms with van der Waals surface area (Å²) in [5.74, 6) is -0.307. The minimum absolute atomic E-state index is 0.0785. The SMILES string of the molecule is CC[n+]1c(SCC(=O)N/N=C\c2ccccc2OCC(=O)[O-])n[nH]c1-c1ccc(C(C)(C)C)cc1. The van der Waals surface area contributed by atoms with Gasteiger partial charge in [0.25, 0.3) is 11.7 Å². The van der Waals surface area contributed by atoms with E-state index < -0.39 is 12.6 Å². The van der Waals surface area contributed by atoms with E-state index in [1.54, 1.807) is 24.3 Å². The number of aromatic amines is 1. The summed E-state index contributed by atoms with van der Waals surface area (Å²) in [6.45, 7) is 8.68. The highest BCUT2D eigenvalue weighted by molar-refractivity contribution is 7.99. The number of aliphatic carboxylic acids is 1. The first-order valence-corrected chi connectivity index (χ1v) is 12.1. The lowest BCUT2D eigenvalue weighted by molar-refractivity contribution is -0.719. The van der Waals surface area contributed by atoms with Crippen LogP contribution in [0.2, 0.25) is 0 Å². The number of para-hydroxylation sites is 1. The van der Waals surface area contributed by atoms with E-state index in [-0.39, 0.29) is 17.1 Å². The van der Waals surface area contributed by atoms with Crippen LogP contribution in [0.5, 0.6) is 5.75 Å². The minimum atomic E-state index is -1.32. The number of carboxylic acids is 1. The maximum Gasteiger partial charge on any atom is 0.337 e. The number of ether oxygens (including phenoxy) is 1. The second kappa shape index (κ2) is 11.7. The standard InChI is InChI=1S/C25H29N5O4S/c1-5-30-23(17-10-12-19(13-11-17)25(2,3)4)28-29-24(30)35-16-21(31)27-26-14-18-8-6-7-9-20(18)34-15-22(32)33/h6-14H,5,15-16H2,1-4H3,(H2,27,31,32,33)/b26-14-. The number of carbonyl (C=O) groups excluding carboxylic acids is 2. The van der Waals surface area contributed by atoms with Crippen LogP contribution in [0.15, 0.2) is 58.8 Å². The molecular weight excluding hydrogens is 466 g/mol. The van der Waals surface area contributed by atoms with Crippen molar-refractivity contribution in [3.63, 3.8) is 0 Å². The molecule has 0 aliphatic rings. The van der Waals surface area contributed by atoms with Crippen LogP contribution < -0.4 is 19.8 Å². The fourth-order valence-corrected chi connectivity index (χ4v) is 4.07. The van der Waals surface area contributed by atoms with Crippen molar-refractivity contribution in [2.45, 2.75) is 44.8 Å². The third-order valence-electron chi connectivity index (χ3n) is 5.09. The first-order valence-electron chi connectivity index (χ1n) is 11.1. The third-order valence-corrected chi connectivity index (χ3v) is 6.07. The van der Waals surface area contributed by atoms with E-state index in [2.05, 4.69) is 65.8 Å². The predicted molar refractivity (Wildman–Crippen MR) is 132 cm³/mol. The molecule has 1 heterocycles. The molecule has 0 unspecified atom stereocenters. The third kappa shape index (κ3) is 7.16. The molecule has 0 aliphatic heterocycles. The van der Waals surface area contributed by atoms with Gasteiger partial charge < -0.3 is 14.6 Å². The van der Waals surface area contributed by atoms with Crippen LogP contribution in [0.1, 0.15) is 38.8 Å². The lowest BCUT2D eigenvalue weighted by Crippen LogP contribution is -2.36. The summed E-state index contributed by atoms with van der Waals surface area (Å²) in [6.07, 6.45) is 1.40. The van der Waals surface area contributed by atoms with Crippen molar-refractivity contribution in [1.82, 2.24) is 15.6 Å². The zero-order chi connectivity index (χ0) is 25.4. The number of aromatic nitrogens is 3. The van der Waals surface area contributed by atoms with Crippen molar-refractivity contribution in [3.05, 3.63) is 59.7 Å². The summed E-state index contributed by atoms with van der Waals surface area (Å²) in [4.78, 5) is 22.9. The molecule has 0 fully saturated rings. The van der Waals surface area contributed by atoms with Crippen LogP contribution in [0.25, 0.3) is 11.4 Å². The summed E-state index contributed by atoms with van der Waals surface area (Å²) < 4.78 is 7.19. The molecule has 0 bridgehead atoms. The zero-order valence-corrected chi connectivity index (χ0v) is 21.0.